The Morgan fingerprint density at radius 2 is 1.03 bits per heavy atom. The summed E-state index contributed by atoms with van der Waals surface area (Å²) in [6.45, 7) is 14.0. The molecule has 0 aromatic rings. The molecule has 4 atom stereocenters. The summed E-state index contributed by atoms with van der Waals surface area (Å²) in [5.41, 5.74) is 0.593. The van der Waals surface area contributed by atoms with E-state index < -0.39 is 11.9 Å². The zero-order valence-corrected chi connectivity index (χ0v) is 22.7. The van der Waals surface area contributed by atoms with E-state index in [1.54, 1.807) is 0 Å². The second-order valence-electron chi connectivity index (χ2n) is 14.0. The number of nitrogens with zero attached hydrogens (tertiary/aromatic N) is 2. The second kappa shape index (κ2) is 9.18. The lowest BCUT2D eigenvalue weighted by molar-refractivity contribution is -0.150. The van der Waals surface area contributed by atoms with Gasteiger partial charge in [-0.25, -0.2) is 9.59 Å². The van der Waals surface area contributed by atoms with Gasteiger partial charge >= 0.3 is 11.9 Å². The summed E-state index contributed by atoms with van der Waals surface area (Å²) in [4.78, 5) is 53.3. The summed E-state index contributed by atoms with van der Waals surface area (Å²) in [5.74, 6) is -1.99. The van der Waals surface area contributed by atoms with Crippen molar-refractivity contribution in [2.24, 2.45) is 21.7 Å². The van der Waals surface area contributed by atoms with Crippen LogP contribution < -0.4 is 0 Å². The van der Waals surface area contributed by atoms with Crippen LogP contribution in [0.3, 0.4) is 0 Å². The predicted molar refractivity (Wildman–Crippen MR) is 134 cm³/mol. The van der Waals surface area contributed by atoms with Crippen LogP contribution in [-0.4, -0.2) is 71.9 Å². The Morgan fingerprint density at radius 3 is 1.39 bits per heavy atom. The van der Waals surface area contributed by atoms with Crippen molar-refractivity contribution in [2.75, 3.05) is 26.3 Å². The van der Waals surface area contributed by atoms with Crippen molar-refractivity contribution < 1.29 is 28.7 Å². The standard InChI is InChI=1S/C28H42N2O6/c1-25(2)9-19-11-27(5,15-25)17-29(19)21(31)13-35-23(33)7-8-24(34)36-14-22(32)30-18-28(6)12-20(30)10-26(3,4)16-28/h7-8,19-20H,9-18H2,1-6H3/b8-7+/t19-,20+,27-,28+. The van der Waals surface area contributed by atoms with E-state index in [0.717, 1.165) is 50.7 Å². The second-order valence-corrected chi connectivity index (χ2v) is 14.0. The molecule has 0 spiro atoms. The molecule has 2 saturated carbocycles. The molecule has 4 fully saturated rings. The molecule has 200 valence electrons. The molecule has 8 nitrogen and oxygen atoms in total. The first kappa shape index (κ1) is 26.7. The maximum absolute atomic E-state index is 12.7. The lowest BCUT2D eigenvalue weighted by Gasteiger charge is -2.39. The van der Waals surface area contributed by atoms with Gasteiger partial charge in [0.15, 0.2) is 13.2 Å². The van der Waals surface area contributed by atoms with Gasteiger partial charge in [-0.2, -0.15) is 0 Å². The Balaban J connectivity index is 1.19. The summed E-state index contributed by atoms with van der Waals surface area (Å²) < 4.78 is 10.2. The van der Waals surface area contributed by atoms with Crippen LogP contribution in [0.25, 0.3) is 0 Å². The van der Waals surface area contributed by atoms with Gasteiger partial charge in [0, 0.05) is 37.3 Å². The number of ether oxygens (including phenoxy) is 2. The van der Waals surface area contributed by atoms with Crippen LogP contribution >= 0.6 is 0 Å². The molecular formula is C28H42N2O6. The van der Waals surface area contributed by atoms with E-state index in [1.165, 1.54) is 0 Å². The molecule has 2 heterocycles. The van der Waals surface area contributed by atoms with Gasteiger partial charge in [-0.05, 0) is 60.2 Å². The van der Waals surface area contributed by atoms with Gasteiger partial charge in [-0.3, -0.25) is 9.59 Å². The van der Waals surface area contributed by atoms with Gasteiger partial charge in [0.25, 0.3) is 11.8 Å². The van der Waals surface area contributed by atoms with Gasteiger partial charge in [0.05, 0.1) is 0 Å². The quantitative estimate of drug-likeness (QED) is 0.408. The summed E-state index contributed by atoms with van der Waals surface area (Å²) >= 11 is 0. The van der Waals surface area contributed by atoms with E-state index in [0.29, 0.717) is 13.1 Å². The zero-order valence-electron chi connectivity index (χ0n) is 22.7. The molecule has 4 bridgehead atoms. The minimum absolute atomic E-state index is 0.106. The third-order valence-electron chi connectivity index (χ3n) is 8.50. The number of carbonyl (C=O) groups excluding carboxylic acids is 4. The monoisotopic (exact) mass is 502 g/mol. The van der Waals surface area contributed by atoms with Gasteiger partial charge in [-0.15, -0.1) is 0 Å². The lowest BCUT2D eigenvalue weighted by atomic mass is 9.65. The molecule has 8 heteroatoms. The fourth-order valence-corrected chi connectivity index (χ4v) is 8.17. The van der Waals surface area contributed by atoms with E-state index in [-0.39, 0.29) is 58.8 Å². The molecule has 2 aliphatic carbocycles. The highest BCUT2D eigenvalue weighted by Crippen LogP contribution is 2.53. The first-order chi connectivity index (χ1) is 16.6. The molecule has 2 aliphatic heterocycles. The zero-order chi connectivity index (χ0) is 26.5. The number of likely N-dealkylation sites (tertiary alicyclic amines) is 2. The number of hydrogen-bond donors (Lipinski definition) is 0. The van der Waals surface area contributed by atoms with Crippen molar-refractivity contribution in [1.29, 1.82) is 0 Å². The van der Waals surface area contributed by atoms with Crippen molar-refractivity contribution in [3.8, 4) is 0 Å². The highest BCUT2D eigenvalue weighted by atomic mass is 16.5. The maximum atomic E-state index is 12.7. The third-order valence-corrected chi connectivity index (χ3v) is 8.50. The molecule has 0 unspecified atom stereocenters. The molecule has 4 aliphatic rings. The molecule has 0 radical (unpaired) electrons. The maximum Gasteiger partial charge on any atom is 0.331 e. The number of carbonyl (C=O) groups is 4. The topological polar surface area (TPSA) is 93.2 Å². The van der Waals surface area contributed by atoms with Gasteiger partial charge < -0.3 is 19.3 Å². The average Bonchev–Trinajstić information content (AvgIpc) is 3.14. The SMILES string of the molecule is CC1(C)C[C@@H]2C[C@@](C)(CN2C(=O)COC(=O)/C=C/C(=O)OCC(=O)N2C[C@@]3(C)C[C@@H]2CC(C)(C)C3)C1. The Hall–Kier alpha value is -2.38. The van der Waals surface area contributed by atoms with E-state index in [4.69, 9.17) is 9.47 Å². The van der Waals surface area contributed by atoms with Crippen molar-refractivity contribution in [3.63, 3.8) is 0 Å². The smallest absolute Gasteiger partial charge is 0.331 e. The van der Waals surface area contributed by atoms with E-state index in [9.17, 15) is 19.2 Å². The largest absolute Gasteiger partial charge is 0.452 e. The fraction of sp³-hybridized carbons (Fsp3) is 0.786. The Morgan fingerprint density at radius 1 is 0.667 bits per heavy atom. The third kappa shape index (κ3) is 5.94. The van der Waals surface area contributed by atoms with Crippen LogP contribution in [0.2, 0.25) is 0 Å². The number of amides is 2. The molecule has 4 rings (SSSR count). The number of esters is 2. The molecule has 0 aromatic heterocycles. The van der Waals surface area contributed by atoms with Gasteiger partial charge in [0.2, 0.25) is 0 Å². The van der Waals surface area contributed by atoms with Gasteiger partial charge in [-0.1, -0.05) is 41.5 Å². The molecule has 36 heavy (non-hydrogen) atoms. The van der Waals surface area contributed by atoms with Crippen molar-refractivity contribution in [2.45, 2.75) is 92.2 Å². The van der Waals surface area contributed by atoms with Crippen LogP contribution in [0.5, 0.6) is 0 Å². The fourth-order valence-electron chi connectivity index (χ4n) is 8.17. The summed E-state index contributed by atoms with van der Waals surface area (Å²) in [5, 5.41) is 0. The summed E-state index contributed by atoms with van der Waals surface area (Å²) in [6, 6.07) is 0.355. The van der Waals surface area contributed by atoms with Crippen LogP contribution in [-0.2, 0) is 28.7 Å². The minimum Gasteiger partial charge on any atom is -0.452 e. The van der Waals surface area contributed by atoms with Crippen LogP contribution in [0.1, 0.15) is 80.1 Å². The lowest BCUT2D eigenvalue weighted by Crippen LogP contribution is -2.39. The summed E-state index contributed by atoms with van der Waals surface area (Å²) in [7, 11) is 0. The first-order valence-electron chi connectivity index (χ1n) is 13.2. The molecule has 2 amide bonds. The van der Waals surface area contributed by atoms with E-state index in [2.05, 4.69) is 41.5 Å². The number of hydrogen-bond acceptors (Lipinski definition) is 6. The van der Waals surface area contributed by atoms with Gasteiger partial charge in [0.1, 0.15) is 0 Å². The van der Waals surface area contributed by atoms with E-state index in [1.807, 2.05) is 9.80 Å². The molecule has 0 N–H and O–H groups in total. The first-order valence-corrected chi connectivity index (χ1v) is 13.2. The van der Waals surface area contributed by atoms with Crippen molar-refractivity contribution in [1.82, 2.24) is 9.80 Å². The predicted octanol–water partition coefficient (Wildman–Crippen LogP) is 3.48. The van der Waals surface area contributed by atoms with Crippen molar-refractivity contribution in [3.05, 3.63) is 12.2 Å². The van der Waals surface area contributed by atoms with Crippen LogP contribution in [0.4, 0.5) is 0 Å². The normalized spacial score (nSPS) is 34.1. The highest BCUT2D eigenvalue weighted by molar-refractivity contribution is 5.93. The Labute approximate surface area is 214 Å². The summed E-state index contributed by atoms with van der Waals surface area (Å²) in [6.07, 6.45) is 7.89. The highest BCUT2D eigenvalue weighted by Gasteiger charge is 2.52. The minimum atomic E-state index is -0.788. The Bertz CT molecular complexity index is 895. The number of rotatable bonds is 6. The average molecular weight is 503 g/mol. The molecule has 0 aromatic carbocycles. The van der Waals surface area contributed by atoms with Crippen molar-refractivity contribution >= 4 is 23.8 Å². The van der Waals surface area contributed by atoms with Crippen LogP contribution in [0.15, 0.2) is 12.2 Å². The Kier molecular flexibility index (Phi) is 6.80. The molecular weight excluding hydrogens is 460 g/mol. The molecule has 2 saturated heterocycles. The van der Waals surface area contributed by atoms with E-state index >= 15 is 0 Å². The van der Waals surface area contributed by atoms with Crippen LogP contribution in [0, 0.1) is 21.7 Å². The number of fused-ring (bicyclic) bond motifs is 4.